The summed E-state index contributed by atoms with van der Waals surface area (Å²) in [5.74, 6) is -0.199. The number of amides is 2. The second-order valence-electron chi connectivity index (χ2n) is 7.41. The van der Waals surface area contributed by atoms with Gasteiger partial charge in [-0.1, -0.05) is 6.07 Å². The van der Waals surface area contributed by atoms with Crippen molar-refractivity contribution in [3.05, 3.63) is 59.2 Å². The molecule has 31 heavy (non-hydrogen) atoms. The van der Waals surface area contributed by atoms with Crippen molar-refractivity contribution in [3.63, 3.8) is 0 Å². The van der Waals surface area contributed by atoms with Gasteiger partial charge >= 0.3 is 6.09 Å². The second kappa shape index (κ2) is 9.38. The van der Waals surface area contributed by atoms with E-state index >= 15 is 0 Å². The summed E-state index contributed by atoms with van der Waals surface area (Å²) in [5, 5.41) is 0. The summed E-state index contributed by atoms with van der Waals surface area (Å²) in [6.07, 6.45) is -0.375. The van der Waals surface area contributed by atoms with E-state index in [1.54, 1.807) is 28.9 Å². The molecule has 0 aromatic heterocycles. The summed E-state index contributed by atoms with van der Waals surface area (Å²) in [6, 6.07) is 11.2. The standard InChI is InChI=1S/C22H27N3O5S/c1-4-30-22(27)25-13-11-24(12-14-25)21(26)18-6-9-20(10-7-18)31(28,29)23-19-8-5-16(2)17(3)15-19/h5-10,15,23H,4,11-14H2,1-3H3. The molecule has 8 nitrogen and oxygen atoms in total. The molecule has 9 heteroatoms. The van der Waals surface area contributed by atoms with Gasteiger partial charge in [0, 0.05) is 37.4 Å². The third-order valence-electron chi connectivity index (χ3n) is 5.26. The highest BCUT2D eigenvalue weighted by molar-refractivity contribution is 7.92. The lowest BCUT2D eigenvalue weighted by Crippen LogP contribution is -2.50. The molecule has 2 aromatic carbocycles. The number of hydrogen-bond donors (Lipinski definition) is 1. The van der Waals surface area contributed by atoms with Gasteiger partial charge in [-0.2, -0.15) is 0 Å². The average molecular weight is 446 g/mol. The molecule has 1 fully saturated rings. The number of rotatable bonds is 5. The van der Waals surface area contributed by atoms with E-state index in [0.29, 0.717) is 44.0 Å². The Kier molecular flexibility index (Phi) is 6.84. The van der Waals surface area contributed by atoms with Crippen molar-refractivity contribution in [1.82, 2.24) is 9.80 Å². The number of anilines is 1. The molecule has 3 rings (SSSR count). The van der Waals surface area contributed by atoms with E-state index in [1.165, 1.54) is 24.3 Å². The van der Waals surface area contributed by atoms with E-state index in [9.17, 15) is 18.0 Å². The fourth-order valence-electron chi connectivity index (χ4n) is 3.29. The minimum Gasteiger partial charge on any atom is -0.450 e. The van der Waals surface area contributed by atoms with Crippen LogP contribution in [-0.2, 0) is 14.8 Å². The van der Waals surface area contributed by atoms with Crippen LogP contribution in [0.25, 0.3) is 0 Å². The number of benzene rings is 2. The molecule has 0 aliphatic carbocycles. The average Bonchev–Trinajstić information content (AvgIpc) is 2.76. The number of nitrogens with zero attached hydrogens (tertiary/aromatic N) is 2. The molecule has 0 unspecified atom stereocenters. The summed E-state index contributed by atoms with van der Waals surface area (Å²) in [7, 11) is -3.77. The molecule has 0 spiro atoms. The van der Waals surface area contributed by atoms with E-state index in [0.717, 1.165) is 11.1 Å². The summed E-state index contributed by atoms with van der Waals surface area (Å²) in [5.41, 5.74) is 2.95. The highest BCUT2D eigenvalue weighted by Crippen LogP contribution is 2.20. The van der Waals surface area contributed by atoms with Gasteiger partial charge in [-0.15, -0.1) is 0 Å². The first-order valence-corrected chi connectivity index (χ1v) is 11.6. The van der Waals surface area contributed by atoms with Crippen LogP contribution >= 0.6 is 0 Å². The van der Waals surface area contributed by atoms with Gasteiger partial charge in [0.05, 0.1) is 11.5 Å². The molecule has 2 aromatic rings. The van der Waals surface area contributed by atoms with Crippen molar-refractivity contribution in [1.29, 1.82) is 0 Å². The monoisotopic (exact) mass is 445 g/mol. The number of aryl methyl sites for hydroxylation is 2. The molecular formula is C22H27N3O5S. The Morgan fingerprint density at radius 3 is 2.13 bits per heavy atom. The molecule has 1 N–H and O–H groups in total. The largest absolute Gasteiger partial charge is 0.450 e. The summed E-state index contributed by atoms with van der Waals surface area (Å²) in [6.45, 7) is 7.52. The number of nitrogens with one attached hydrogen (secondary N) is 1. The number of carbonyl (C=O) groups excluding carboxylic acids is 2. The number of hydrogen-bond acceptors (Lipinski definition) is 5. The number of piperazine rings is 1. The van der Waals surface area contributed by atoms with Crippen LogP contribution in [0.1, 0.15) is 28.4 Å². The van der Waals surface area contributed by atoms with E-state index in [-0.39, 0.29) is 16.9 Å². The predicted molar refractivity (Wildman–Crippen MR) is 118 cm³/mol. The Morgan fingerprint density at radius 1 is 0.935 bits per heavy atom. The Labute approximate surface area is 182 Å². The molecule has 2 amide bonds. The van der Waals surface area contributed by atoms with E-state index in [2.05, 4.69) is 4.72 Å². The molecule has 166 valence electrons. The lowest BCUT2D eigenvalue weighted by atomic mass is 10.1. The summed E-state index contributed by atoms with van der Waals surface area (Å²) < 4.78 is 32.9. The zero-order valence-corrected chi connectivity index (χ0v) is 18.7. The zero-order valence-electron chi connectivity index (χ0n) is 17.9. The minimum absolute atomic E-state index is 0.0782. The molecule has 1 saturated heterocycles. The summed E-state index contributed by atoms with van der Waals surface area (Å²) >= 11 is 0. The van der Waals surface area contributed by atoms with E-state index < -0.39 is 10.0 Å². The summed E-state index contributed by atoms with van der Waals surface area (Å²) in [4.78, 5) is 27.8. The van der Waals surface area contributed by atoms with Gasteiger partial charge in [-0.25, -0.2) is 13.2 Å². The van der Waals surface area contributed by atoms with Gasteiger partial charge in [0.25, 0.3) is 15.9 Å². The van der Waals surface area contributed by atoms with Crippen LogP contribution in [0.5, 0.6) is 0 Å². The maximum atomic E-state index is 12.7. The molecule has 1 aliphatic heterocycles. The van der Waals surface area contributed by atoms with Crippen molar-refractivity contribution >= 4 is 27.7 Å². The first-order chi connectivity index (χ1) is 14.7. The second-order valence-corrected chi connectivity index (χ2v) is 9.09. The van der Waals surface area contributed by atoms with E-state index in [1.807, 2.05) is 19.9 Å². The third-order valence-corrected chi connectivity index (χ3v) is 6.66. The molecule has 0 bridgehead atoms. The van der Waals surface area contributed by atoms with Gasteiger partial charge < -0.3 is 14.5 Å². The van der Waals surface area contributed by atoms with Crippen LogP contribution in [0.15, 0.2) is 47.4 Å². The van der Waals surface area contributed by atoms with Crippen molar-refractivity contribution in [2.75, 3.05) is 37.5 Å². The van der Waals surface area contributed by atoms with Crippen LogP contribution in [0.4, 0.5) is 10.5 Å². The Balaban J connectivity index is 1.64. The normalized spacial score (nSPS) is 14.3. The molecule has 0 radical (unpaired) electrons. The highest BCUT2D eigenvalue weighted by Gasteiger charge is 2.26. The van der Waals surface area contributed by atoms with Gasteiger partial charge in [0.1, 0.15) is 0 Å². The molecule has 1 aliphatic rings. The smallest absolute Gasteiger partial charge is 0.409 e. The topological polar surface area (TPSA) is 96.0 Å². The van der Waals surface area contributed by atoms with Crippen molar-refractivity contribution in [2.24, 2.45) is 0 Å². The minimum atomic E-state index is -3.77. The van der Waals surface area contributed by atoms with Crippen LogP contribution in [0.3, 0.4) is 0 Å². The quantitative estimate of drug-likeness (QED) is 0.763. The fraction of sp³-hybridized carbons (Fsp3) is 0.364. The van der Waals surface area contributed by atoms with Crippen LogP contribution in [0.2, 0.25) is 0 Å². The third kappa shape index (κ3) is 5.35. The van der Waals surface area contributed by atoms with Gasteiger partial charge in [-0.05, 0) is 68.3 Å². The maximum absolute atomic E-state index is 12.7. The van der Waals surface area contributed by atoms with Crippen LogP contribution in [0, 0.1) is 13.8 Å². The molecule has 0 atom stereocenters. The van der Waals surface area contributed by atoms with Gasteiger partial charge in [0.2, 0.25) is 0 Å². The maximum Gasteiger partial charge on any atom is 0.409 e. The van der Waals surface area contributed by atoms with Gasteiger partial charge in [-0.3, -0.25) is 9.52 Å². The fourth-order valence-corrected chi connectivity index (χ4v) is 4.33. The Hall–Kier alpha value is -3.07. The molecule has 0 saturated carbocycles. The lowest BCUT2D eigenvalue weighted by molar-refractivity contribution is 0.0570. The van der Waals surface area contributed by atoms with Crippen molar-refractivity contribution in [3.8, 4) is 0 Å². The molecular weight excluding hydrogens is 418 g/mol. The SMILES string of the molecule is CCOC(=O)N1CCN(C(=O)c2ccc(S(=O)(=O)Nc3ccc(C)c(C)c3)cc2)CC1. The number of carbonyl (C=O) groups is 2. The van der Waals surface area contributed by atoms with Crippen molar-refractivity contribution in [2.45, 2.75) is 25.7 Å². The Morgan fingerprint density at radius 2 is 1.55 bits per heavy atom. The molecule has 1 heterocycles. The number of ether oxygens (including phenoxy) is 1. The first kappa shape index (κ1) is 22.6. The van der Waals surface area contributed by atoms with Crippen LogP contribution < -0.4 is 4.72 Å². The highest BCUT2D eigenvalue weighted by atomic mass is 32.2. The Bertz CT molecular complexity index is 1060. The predicted octanol–water partition coefficient (Wildman–Crippen LogP) is 3.02. The first-order valence-electron chi connectivity index (χ1n) is 10.1. The zero-order chi connectivity index (χ0) is 22.6. The van der Waals surface area contributed by atoms with Gasteiger partial charge in [0.15, 0.2) is 0 Å². The number of sulfonamides is 1. The van der Waals surface area contributed by atoms with E-state index in [4.69, 9.17) is 4.74 Å². The van der Waals surface area contributed by atoms with Crippen molar-refractivity contribution < 1.29 is 22.7 Å². The lowest BCUT2D eigenvalue weighted by Gasteiger charge is -2.34. The van der Waals surface area contributed by atoms with Crippen LogP contribution in [-0.4, -0.2) is 63.0 Å².